The minimum atomic E-state index is -1.18. The zero-order valence-corrected chi connectivity index (χ0v) is 11.4. The molecule has 0 saturated heterocycles. The van der Waals surface area contributed by atoms with Gasteiger partial charge in [-0.2, -0.15) is 0 Å². The molecule has 4 atom stereocenters. The number of benzene rings is 1. The molecule has 0 heterocycles. The Morgan fingerprint density at radius 2 is 2.00 bits per heavy atom. The molecule has 4 rings (SSSR count). The third kappa shape index (κ3) is 0.901. The highest BCUT2D eigenvalue weighted by Gasteiger charge is 2.75. The molecule has 0 aliphatic heterocycles. The first-order valence-corrected chi connectivity index (χ1v) is 6.90. The second-order valence-corrected chi connectivity index (χ2v) is 6.87. The summed E-state index contributed by atoms with van der Waals surface area (Å²) in [6, 6.07) is 7.79. The van der Waals surface area contributed by atoms with Gasteiger partial charge < -0.3 is 5.11 Å². The van der Waals surface area contributed by atoms with Gasteiger partial charge in [-0.15, -0.1) is 0 Å². The van der Waals surface area contributed by atoms with E-state index in [0.29, 0.717) is 12.0 Å². The summed E-state index contributed by atoms with van der Waals surface area (Å²) in [6.07, 6.45) is 1.29. The molecule has 19 heavy (non-hydrogen) atoms. The topological polar surface area (TPSA) is 37.3 Å². The molecule has 0 amide bonds. The zero-order chi connectivity index (χ0) is 13.6. The maximum absolute atomic E-state index is 12.7. The predicted molar refractivity (Wildman–Crippen MR) is 73.0 cm³/mol. The molecule has 3 aliphatic carbocycles. The molecule has 2 heteroatoms. The molecule has 1 aromatic carbocycles. The first kappa shape index (κ1) is 11.4. The molecule has 2 fully saturated rings. The van der Waals surface area contributed by atoms with Crippen LogP contribution in [0.3, 0.4) is 0 Å². The van der Waals surface area contributed by atoms with Gasteiger partial charge in [-0.05, 0) is 18.4 Å². The van der Waals surface area contributed by atoms with Gasteiger partial charge in [0.1, 0.15) is 5.60 Å². The molecule has 1 aromatic rings. The van der Waals surface area contributed by atoms with Crippen molar-refractivity contribution in [3.8, 4) is 0 Å². The first-order valence-electron chi connectivity index (χ1n) is 6.90. The second kappa shape index (κ2) is 2.85. The number of fused-ring (bicyclic) bond motifs is 1. The van der Waals surface area contributed by atoms with E-state index in [2.05, 4.69) is 26.5 Å². The minimum Gasteiger partial charge on any atom is -0.381 e. The van der Waals surface area contributed by atoms with E-state index in [0.717, 1.165) is 12.0 Å². The molecule has 2 nitrogen and oxygen atoms in total. The summed E-state index contributed by atoms with van der Waals surface area (Å²) < 4.78 is 0. The fraction of sp³-hybridized carbons (Fsp3) is 0.471. The Bertz CT molecular complexity index is 646. The average molecular weight is 254 g/mol. The highest BCUT2D eigenvalue weighted by atomic mass is 16.3. The summed E-state index contributed by atoms with van der Waals surface area (Å²) >= 11 is 0. The number of rotatable bonds is 0. The maximum Gasteiger partial charge on any atom is 0.194 e. The van der Waals surface area contributed by atoms with Gasteiger partial charge in [0.2, 0.25) is 0 Å². The molecule has 3 aliphatic rings. The van der Waals surface area contributed by atoms with Gasteiger partial charge in [0.25, 0.3) is 0 Å². The largest absolute Gasteiger partial charge is 0.381 e. The zero-order valence-electron chi connectivity index (χ0n) is 11.4. The number of carbonyl (C=O) groups is 1. The van der Waals surface area contributed by atoms with Crippen molar-refractivity contribution < 1.29 is 9.90 Å². The van der Waals surface area contributed by atoms with Gasteiger partial charge in [-0.25, -0.2) is 0 Å². The van der Waals surface area contributed by atoms with Crippen molar-refractivity contribution in [3.05, 3.63) is 47.5 Å². The van der Waals surface area contributed by atoms with Gasteiger partial charge in [-0.1, -0.05) is 50.3 Å². The van der Waals surface area contributed by atoms with Crippen LogP contribution in [0.5, 0.6) is 0 Å². The van der Waals surface area contributed by atoms with Crippen molar-refractivity contribution in [1.82, 2.24) is 0 Å². The average Bonchev–Trinajstić information content (AvgIpc) is 2.67. The second-order valence-electron chi connectivity index (χ2n) is 6.87. The van der Waals surface area contributed by atoms with Crippen LogP contribution in [0.2, 0.25) is 0 Å². The summed E-state index contributed by atoms with van der Waals surface area (Å²) in [7, 11) is 0. The van der Waals surface area contributed by atoms with E-state index in [-0.39, 0.29) is 22.5 Å². The van der Waals surface area contributed by atoms with Crippen LogP contribution in [-0.2, 0) is 5.41 Å². The van der Waals surface area contributed by atoms with E-state index < -0.39 is 5.60 Å². The summed E-state index contributed by atoms with van der Waals surface area (Å²) in [4.78, 5) is 12.7. The number of aliphatic hydroxyl groups is 1. The van der Waals surface area contributed by atoms with Crippen LogP contribution in [0.1, 0.15) is 42.6 Å². The van der Waals surface area contributed by atoms with Gasteiger partial charge in [0, 0.05) is 22.3 Å². The van der Waals surface area contributed by atoms with Crippen LogP contribution >= 0.6 is 0 Å². The smallest absolute Gasteiger partial charge is 0.194 e. The Labute approximate surface area is 113 Å². The van der Waals surface area contributed by atoms with Crippen LogP contribution < -0.4 is 0 Å². The number of Topliss-reactive ketones (excluding diaryl/α,β-unsaturated/α-hetero) is 1. The lowest BCUT2D eigenvalue weighted by Crippen LogP contribution is -2.50. The molecule has 0 spiro atoms. The van der Waals surface area contributed by atoms with Crippen molar-refractivity contribution >= 4 is 5.78 Å². The highest BCUT2D eigenvalue weighted by molar-refractivity contribution is 6.07. The van der Waals surface area contributed by atoms with E-state index in [1.165, 1.54) is 5.57 Å². The number of hydrogen-bond donors (Lipinski definition) is 1. The van der Waals surface area contributed by atoms with Gasteiger partial charge in [-0.3, -0.25) is 4.79 Å². The lowest BCUT2D eigenvalue weighted by molar-refractivity contribution is -0.00494. The number of allylic oxidation sites excluding steroid dienone is 1. The van der Waals surface area contributed by atoms with Crippen LogP contribution in [0, 0.1) is 11.3 Å². The number of carbonyl (C=O) groups excluding carboxylic acids is 1. The van der Waals surface area contributed by atoms with Crippen LogP contribution in [0.15, 0.2) is 36.4 Å². The molecular weight excluding hydrogens is 236 g/mol. The Morgan fingerprint density at radius 1 is 1.32 bits per heavy atom. The number of ketones is 1. The minimum absolute atomic E-state index is 0.0140. The molecule has 98 valence electrons. The number of hydrogen-bond acceptors (Lipinski definition) is 2. The Kier molecular flexibility index (Phi) is 1.72. The van der Waals surface area contributed by atoms with Crippen molar-refractivity contribution in [2.45, 2.75) is 37.7 Å². The third-order valence-corrected chi connectivity index (χ3v) is 6.40. The van der Waals surface area contributed by atoms with Crippen LogP contribution in [0.25, 0.3) is 0 Å². The van der Waals surface area contributed by atoms with Gasteiger partial charge in [0.05, 0.1) is 0 Å². The lowest BCUT2D eigenvalue weighted by atomic mass is 9.61. The van der Waals surface area contributed by atoms with Gasteiger partial charge >= 0.3 is 0 Å². The maximum atomic E-state index is 12.7. The Balaban J connectivity index is 2.13. The van der Waals surface area contributed by atoms with E-state index in [1.807, 2.05) is 18.2 Å². The molecule has 1 N–H and O–H groups in total. The molecule has 0 aromatic heterocycles. The highest BCUT2D eigenvalue weighted by Crippen LogP contribution is 2.74. The van der Waals surface area contributed by atoms with Crippen molar-refractivity contribution in [3.63, 3.8) is 0 Å². The quantitative estimate of drug-likeness (QED) is 0.723. The van der Waals surface area contributed by atoms with Crippen LogP contribution in [-0.4, -0.2) is 16.5 Å². The Morgan fingerprint density at radius 3 is 2.74 bits per heavy atom. The molecule has 0 unspecified atom stereocenters. The monoisotopic (exact) mass is 254 g/mol. The normalized spacial score (nSPS) is 46.6. The molecule has 2 saturated carbocycles. The predicted octanol–water partition coefficient (Wildman–Crippen LogP) is 2.86. The molecular formula is C17H18O2. The standard InChI is InChI=1S/C17H18O2/c1-10-8-13-16(3)12-7-5-4-6-11(12)14(18)17(13,19)9-15(10,16)2/h4-7,13,19H,1,8-9H2,2-3H3/t13-,15+,16-,17+/m1/s1. The van der Waals surface area contributed by atoms with E-state index >= 15 is 0 Å². The summed E-state index contributed by atoms with van der Waals surface area (Å²) in [5.74, 6) is -0.0956. The molecule has 0 radical (unpaired) electrons. The fourth-order valence-corrected chi connectivity index (χ4v) is 5.14. The summed E-state index contributed by atoms with van der Waals surface area (Å²) in [6.45, 7) is 8.60. The Hall–Kier alpha value is -1.41. The van der Waals surface area contributed by atoms with E-state index in [4.69, 9.17) is 0 Å². The van der Waals surface area contributed by atoms with Crippen molar-refractivity contribution in [1.29, 1.82) is 0 Å². The van der Waals surface area contributed by atoms with Gasteiger partial charge in [0.15, 0.2) is 5.78 Å². The third-order valence-electron chi connectivity index (χ3n) is 6.40. The van der Waals surface area contributed by atoms with Crippen LogP contribution in [0.4, 0.5) is 0 Å². The van der Waals surface area contributed by atoms with Crippen molar-refractivity contribution in [2.24, 2.45) is 11.3 Å². The summed E-state index contributed by atoms with van der Waals surface area (Å²) in [5, 5.41) is 11.0. The lowest BCUT2D eigenvalue weighted by Gasteiger charge is -2.42. The summed E-state index contributed by atoms with van der Waals surface area (Å²) in [5.41, 5.74) is 1.49. The fourth-order valence-electron chi connectivity index (χ4n) is 5.14. The molecule has 4 bridgehead atoms. The van der Waals surface area contributed by atoms with E-state index in [9.17, 15) is 9.90 Å². The first-order chi connectivity index (χ1) is 8.85. The van der Waals surface area contributed by atoms with E-state index in [1.54, 1.807) is 0 Å². The van der Waals surface area contributed by atoms with Crippen molar-refractivity contribution in [2.75, 3.05) is 0 Å². The SMILES string of the molecule is C=C1C[C@H]2[C@@]3(O)C[C@]1(C)[C@]2(C)c1ccccc1C3=O.